The lowest BCUT2D eigenvalue weighted by Crippen LogP contribution is -2.48. The van der Waals surface area contributed by atoms with Crippen LogP contribution >= 0.6 is 0 Å². The summed E-state index contributed by atoms with van der Waals surface area (Å²) in [6.45, 7) is 2.00. The van der Waals surface area contributed by atoms with Crippen LogP contribution in [0.4, 0.5) is 0 Å². The summed E-state index contributed by atoms with van der Waals surface area (Å²) in [6, 6.07) is 12.3. The van der Waals surface area contributed by atoms with Crippen molar-refractivity contribution in [1.29, 1.82) is 0 Å². The molecule has 1 saturated heterocycles. The van der Waals surface area contributed by atoms with Crippen LogP contribution in [-0.2, 0) is 11.3 Å². The molecule has 2 bridgehead atoms. The van der Waals surface area contributed by atoms with E-state index in [1.807, 2.05) is 0 Å². The van der Waals surface area contributed by atoms with Gasteiger partial charge in [0.15, 0.2) is 0 Å². The highest BCUT2D eigenvalue weighted by Crippen LogP contribution is 2.35. The van der Waals surface area contributed by atoms with Crippen LogP contribution in [0, 0.1) is 0 Å². The average Bonchev–Trinajstić information content (AvgIpc) is 2.49. The predicted molar refractivity (Wildman–Crippen MR) is 87.2 cm³/mol. The lowest BCUT2D eigenvalue weighted by Gasteiger charge is -2.45. The van der Waals surface area contributed by atoms with Crippen molar-refractivity contribution < 1.29 is 4.74 Å². The van der Waals surface area contributed by atoms with Gasteiger partial charge in [-0.3, -0.25) is 4.90 Å². The number of hydrogen-bond acceptors (Lipinski definition) is 2. The highest BCUT2D eigenvalue weighted by molar-refractivity contribution is 5.20. The summed E-state index contributed by atoms with van der Waals surface area (Å²) in [5, 5.41) is 0. The number of hydrogen-bond donors (Lipinski definition) is 0. The summed E-state index contributed by atoms with van der Waals surface area (Å²) < 4.78 is 5.19. The second-order valence-electron chi connectivity index (χ2n) is 6.44. The molecule has 3 rings (SSSR count). The third kappa shape index (κ3) is 3.75. The smallest absolute Gasteiger partial charge is 0.0465 e. The van der Waals surface area contributed by atoms with E-state index in [-0.39, 0.29) is 0 Å². The molecule has 1 aromatic rings. The topological polar surface area (TPSA) is 12.5 Å². The van der Waals surface area contributed by atoms with E-state index in [2.05, 4.69) is 41.3 Å². The van der Waals surface area contributed by atoms with Crippen LogP contribution in [0.25, 0.3) is 0 Å². The number of rotatable bonds is 6. The van der Waals surface area contributed by atoms with Crippen molar-refractivity contribution in [1.82, 2.24) is 4.90 Å². The first-order valence-electron chi connectivity index (χ1n) is 8.35. The lowest BCUT2D eigenvalue weighted by atomic mass is 9.83. The normalized spacial score (nSPS) is 25.7. The molecule has 2 aliphatic rings. The van der Waals surface area contributed by atoms with Gasteiger partial charge in [0, 0.05) is 32.3 Å². The van der Waals surface area contributed by atoms with Crippen molar-refractivity contribution in [3.63, 3.8) is 0 Å². The van der Waals surface area contributed by atoms with Gasteiger partial charge in [0.2, 0.25) is 0 Å². The van der Waals surface area contributed by atoms with Gasteiger partial charge in [-0.1, -0.05) is 48.4 Å². The Labute approximate surface area is 128 Å². The van der Waals surface area contributed by atoms with Crippen LogP contribution in [0.2, 0.25) is 0 Å². The molecule has 2 heterocycles. The average molecular weight is 285 g/mol. The maximum atomic E-state index is 5.19. The molecule has 0 aliphatic carbocycles. The van der Waals surface area contributed by atoms with Crippen molar-refractivity contribution in [2.45, 2.75) is 57.2 Å². The monoisotopic (exact) mass is 285 g/mol. The third-order valence-corrected chi connectivity index (χ3v) is 4.91. The summed E-state index contributed by atoms with van der Waals surface area (Å²) in [5.41, 5.74) is 3.12. The van der Waals surface area contributed by atoms with E-state index in [0.29, 0.717) is 6.04 Å². The molecule has 21 heavy (non-hydrogen) atoms. The zero-order valence-electron chi connectivity index (χ0n) is 13.1. The first kappa shape index (κ1) is 14.8. The first-order valence-corrected chi connectivity index (χ1v) is 8.35. The molecule has 2 heteroatoms. The van der Waals surface area contributed by atoms with Crippen LogP contribution < -0.4 is 0 Å². The van der Waals surface area contributed by atoms with Gasteiger partial charge in [-0.05, 0) is 37.7 Å². The lowest BCUT2D eigenvalue weighted by molar-refractivity contribution is 0.0871. The molecule has 0 radical (unpaired) electrons. The zero-order chi connectivity index (χ0) is 14.5. The number of fused-ring (bicyclic) bond motifs is 2. The van der Waals surface area contributed by atoms with Gasteiger partial charge in [-0.25, -0.2) is 0 Å². The Hall–Kier alpha value is -1.12. The maximum Gasteiger partial charge on any atom is 0.0465 e. The molecule has 0 N–H and O–H groups in total. The van der Waals surface area contributed by atoms with E-state index in [4.69, 9.17) is 4.74 Å². The third-order valence-electron chi connectivity index (χ3n) is 4.91. The zero-order valence-corrected chi connectivity index (χ0v) is 13.1. The van der Waals surface area contributed by atoms with Crippen molar-refractivity contribution in [3.05, 3.63) is 47.5 Å². The minimum Gasteiger partial charge on any atom is -0.385 e. The Morgan fingerprint density at radius 3 is 2.81 bits per heavy atom. The van der Waals surface area contributed by atoms with Crippen molar-refractivity contribution in [2.75, 3.05) is 13.7 Å². The quantitative estimate of drug-likeness (QED) is 0.574. The highest BCUT2D eigenvalue weighted by atomic mass is 16.5. The molecule has 1 fully saturated rings. The summed E-state index contributed by atoms with van der Waals surface area (Å²) in [5.74, 6) is 0. The van der Waals surface area contributed by atoms with E-state index in [0.717, 1.165) is 19.2 Å². The molecule has 2 unspecified atom stereocenters. The molecule has 0 amide bonds. The van der Waals surface area contributed by atoms with Crippen molar-refractivity contribution in [3.8, 4) is 0 Å². The van der Waals surface area contributed by atoms with Crippen LogP contribution in [0.15, 0.2) is 42.0 Å². The SMILES string of the molecule is COCCCC1=CC2CCCC(C1)N2Cc1ccccc1. The summed E-state index contributed by atoms with van der Waals surface area (Å²) in [4.78, 5) is 2.73. The van der Waals surface area contributed by atoms with E-state index >= 15 is 0 Å². The van der Waals surface area contributed by atoms with Crippen LogP contribution in [0.1, 0.15) is 44.1 Å². The van der Waals surface area contributed by atoms with Crippen molar-refractivity contribution in [2.24, 2.45) is 0 Å². The van der Waals surface area contributed by atoms with Gasteiger partial charge < -0.3 is 4.74 Å². The van der Waals surface area contributed by atoms with Gasteiger partial charge in [0.1, 0.15) is 0 Å². The molecule has 2 nitrogen and oxygen atoms in total. The molecule has 2 aliphatic heterocycles. The Morgan fingerprint density at radius 2 is 2.05 bits per heavy atom. The molecule has 114 valence electrons. The summed E-state index contributed by atoms with van der Waals surface area (Å²) >= 11 is 0. The Bertz CT molecular complexity index is 468. The molecular formula is C19H27NO. The van der Waals surface area contributed by atoms with Crippen LogP contribution in [0.3, 0.4) is 0 Å². The minimum atomic E-state index is 0.662. The van der Waals surface area contributed by atoms with E-state index in [9.17, 15) is 0 Å². The number of piperidine rings is 1. The second-order valence-corrected chi connectivity index (χ2v) is 6.44. The summed E-state index contributed by atoms with van der Waals surface area (Å²) in [7, 11) is 1.80. The standard InChI is InChI=1S/C19H27NO/c1-21-12-6-9-17-13-18-10-5-11-19(14-17)20(18)15-16-7-3-2-4-8-16/h2-4,7-8,13,18-19H,5-6,9-12,14-15H2,1H3. The van der Waals surface area contributed by atoms with E-state index < -0.39 is 0 Å². The molecule has 0 spiro atoms. The Morgan fingerprint density at radius 1 is 1.19 bits per heavy atom. The fourth-order valence-corrected chi connectivity index (χ4v) is 3.88. The Kier molecular flexibility index (Phi) is 5.10. The fourth-order valence-electron chi connectivity index (χ4n) is 3.88. The number of benzene rings is 1. The molecule has 1 aromatic carbocycles. The van der Waals surface area contributed by atoms with Crippen LogP contribution in [0.5, 0.6) is 0 Å². The molecule has 0 saturated carbocycles. The van der Waals surface area contributed by atoms with Gasteiger partial charge in [-0.2, -0.15) is 0 Å². The van der Waals surface area contributed by atoms with Gasteiger partial charge in [0.25, 0.3) is 0 Å². The van der Waals surface area contributed by atoms with Gasteiger partial charge in [-0.15, -0.1) is 0 Å². The fraction of sp³-hybridized carbons (Fsp3) is 0.579. The minimum absolute atomic E-state index is 0.662. The molecular weight excluding hydrogens is 258 g/mol. The number of nitrogens with zero attached hydrogens (tertiary/aromatic N) is 1. The number of methoxy groups -OCH3 is 1. The maximum absolute atomic E-state index is 5.19. The molecule has 2 atom stereocenters. The van der Waals surface area contributed by atoms with Crippen LogP contribution in [-0.4, -0.2) is 30.7 Å². The second kappa shape index (κ2) is 7.24. The first-order chi connectivity index (χ1) is 10.4. The molecule has 0 aromatic heterocycles. The number of ether oxygens (including phenoxy) is 1. The summed E-state index contributed by atoms with van der Waals surface area (Å²) in [6.07, 6.45) is 10.3. The predicted octanol–water partition coefficient (Wildman–Crippen LogP) is 4.17. The largest absolute Gasteiger partial charge is 0.385 e. The van der Waals surface area contributed by atoms with Gasteiger partial charge in [0.05, 0.1) is 0 Å². The van der Waals surface area contributed by atoms with E-state index in [1.54, 1.807) is 12.7 Å². The Balaban J connectivity index is 1.66. The van der Waals surface area contributed by atoms with Gasteiger partial charge >= 0.3 is 0 Å². The van der Waals surface area contributed by atoms with Crippen molar-refractivity contribution >= 4 is 0 Å². The van der Waals surface area contributed by atoms with E-state index in [1.165, 1.54) is 44.1 Å². The highest BCUT2D eigenvalue weighted by Gasteiger charge is 2.33.